The predicted molar refractivity (Wildman–Crippen MR) is 76.3 cm³/mol. The highest BCUT2D eigenvalue weighted by molar-refractivity contribution is 5.75. The number of piperidine rings is 1. The lowest BCUT2D eigenvalue weighted by molar-refractivity contribution is -0.121. The Morgan fingerprint density at radius 3 is 2.72 bits per heavy atom. The Kier molecular flexibility index (Phi) is 8.06. The van der Waals surface area contributed by atoms with E-state index in [-0.39, 0.29) is 5.91 Å². The van der Waals surface area contributed by atoms with Crippen molar-refractivity contribution in [1.82, 2.24) is 10.6 Å². The van der Waals surface area contributed by atoms with Crippen molar-refractivity contribution in [2.75, 3.05) is 13.1 Å². The summed E-state index contributed by atoms with van der Waals surface area (Å²) in [5, 5.41) is 6.50. The first-order chi connectivity index (χ1) is 8.68. The van der Waals surface area contributed by atoms with Crippen molar-refractivity contribution in [1.29, 1.82) is 0 Å². The third kappa shape index (κ3) is 7.70. The molecule has 0 spiro atoms. The molecule has 3 heteroatoms. The molecule has 1 atom stereocenters. The number of hydrogen-bond acceptors (Lipinski definition) is 2. The zero-order chi connectivity index (χ0) is 13.2. The second kappa shape index (κ2) is 9.37. The predicted octanol–water partition coefficient (Wildman–Crippen LogP) is 2.81. The monoisotopic (exact) mass is 253 g/mol. The van der Waals surface area contributed by atoms with Gasteiger partial charge in [0.15, 0.2) is 0 Å². The minimum Gasteiger partial charge on any atom is -0.356 e. The van der Waals surface area contributed by atoms with E-state index in [1.807, 2.05) is 13.8 Å². The molecule has 1 unspecified atom stereocenters. The van der Waals surface area contributed by atoms with Gasteiger partial charge in [0.05, 0.1) is 0 Å². The fourth-order valence-electron chi connectivity index (χ4n) is 2.39. The molecule has 1 amide bonds. The van der Waals surface area contributed by atoms with E-state index in [0.29, 0.717) is 6.42 Å². The Labute approximate surface area is 112 Å². The van der Waals surface area contributed by atoms with E-state index >= 15 is 0 Å². The van der Waals surface area contributed by atoms with Crippen molar-refractivity contribution >= 4 is 5.91 Å². The Bertz CT molecular complexity index is 223. The largest absolute Gasteiger partial charge is 0.356 e. The molecule has 2 N–H and O–H groups in total. The van der Waals surface area contributed by atoms with Crippen molar-refractivity contribution in [3.05, 3.63) is 5.92 Å². The van der Waals surface area contributed by atoms with Gasteiger partial charge >= 0.3 is 0 Å². The fourth-order valence-corrected chi connectivity index (χ4v) is 2.39. The Morgan fingerprint density at radius 2 is 2.06 bits per heavy atom. The average molecular weight is 253 g/mol. The number of unbranched alkanes of at least 4 members (excludes halogenated alkanes) is 2. The molecule has 1 fully saturated rings. The van der Waals surface area contributed by atoms with Crippen molar-refractivity contribution in [3.8, 4) is 0 Å². The van der Waals surface area contributed by atoms with Gasteiger partial charge in [0.2, 0.25) is 5.91 Å². The molecule has 18 heavy (non-hydrogen) atoms. The van der Waals surface area contributed by atoms with Crippen LogP contribution in [0.3, 0.4) is 0 Å². The van der Waals surface area contributed by atoms with Gasteiger partial charge in [0.25, 0.3) is 0 Å². The van der Waals surface area contributed by atoms with Crippen molar-refractivity contribution < 1.29 is 4.79 Å². The van der Waals surface area contributed by atoms with Gasteiger partial charge < -0.3 is 10.6 Å². The van der Waals surface area contributed by atoms with E-state index in [1.165, 1.54) is 51.0 Å². The molecule has 1 aliphatic heterocycles. The number of carbonyl (C=O) groups excluding carboxylic acids is 1. The molecule has 1 aliphatic rings. The summed E-state index contributed by atoms with van der Waals surface area (Å²) < 4.78 is 0. The standard InChI is InChI=1S/C15H29N2O/c1-13(2)12-17-15(18)10-5-3-4-8-14-9-6-7-11-16-14/h14,16H,3-12H2,1-2H3,(H,17,18). The van der Waals surface area contributed by atoms with Crippen molar-refractivity contribution in [2.45, 2.75) is 71.3 Å². The molecule has 1 rings (SSSR count). The first-order valence-corrected chi connectivity index (χ1v) is 7.47. The summed E-state index contributed by atoms with van der Waals surface area (Å²) in [6.07, 6.45) is 9.49. The number of rotatable bonds is 8. The maximum absolute atomic E-state index is 11.5. The van der Waals surface area contributed by atoms with Gasteiger partial charge in [0.1, 0.15) is 0 Å². The van der Waals surface area contributed by atoms with Crippen LogP contribution in [0.25, 0.3) is 0 Å². The molecule has 1 saturated heterocycles. The lowest BCUT2D eigenvalue weighted by Gasteiger charge is -2.23. The van der Waals surface area contributed by atoms with Crippen LogP contribution in [-0.2, 0) is 4.79 Å². The topological polar surface area (TPSA) is 41.1 Å². The molecular formula is C15H29N2O. The lowest BCUT2D eigenvalue weighted by Crippen LogP contribution is -2.33. The van der Waals surface area contributed by atoms with Gasteiger partial charge in [0, 0.05) is 19.0 Å². The summed E-state index contributed by atoms with van der Waals surface area (Å²) >= 11 is 0. The van der Waals surface area contributed by atoms with E-state index in [0.717, 1.165) is 19.0 Å². The maximum atomic E-state index is 11.5. The van der Waals surface area contributed by atoms with Crippen molar-refractivity contribution in [2.24, 2.45) is 0 Å². The van der Waals surface area contributed by atoms with Crippen LogP contribution in [0, 0.1) is 5.92 Å². The number of amides is 1. The minimum absolute atomic E-state index is 0.201. The molecule has 105 valence electrons. The highest BCUT2D eigenvalue weighted by Gasteiger charge is 2.11. The molecule has 0 aromatic rings. The van der Waals surface area contributed by atoms with Crippen molar-refractivity contribution in [3.63, 3.8) is 0 Å². The molecule has 0 aromatic carbocycles. The number of nitrogens with one attached hydrogen (secondary N) is 2. The van der Waals surface area contributed by atoms with Crippen LogP contribution < -0.4 is 10.6 Å². The average Bonchev–Trinajstić information content (AvgIpc) is 2.37. The summed E-state index contributed by atoms with van der Waals surface area (Å²) in [5.41, 5.74) is 0. The number of hydrogen-bond donors (Lipinski definition) is 2. The first kappa shape index (κ1) is 15.5. The second-order valence-electron chi connectivity index (χ2n) is 5.73. The Hall–Kier alpha value is -0.570. The first-order valence-electron chi connectivity index (χ1n) is 7.47. The Morgan fingerprint density at radius 1 is 1.22 bits per heavy atom. The molecule has 1 radical (unpaired) electrons. The summed E-state index contributed by atoms with van der Waals surface area (Å²) in [7, 11) is 0. The van der Waals surface area contributed by atoms with Gasteiger partial charge in [-0.2, -0.15) is 0 Å². The third-order valence-electron chi connectivity index (χ3n) is 3.51. The highest BCUT2D eigenvalue weighted by atomic mass is 16.1. The molecular weight excluding hydrogens is 224 g/mol. The molecule has 3 nitrogen and oxygen atoms in total. The van der Waals surface area contributed by atoms with Crippen LogP contribution in [0.2, 0.25) is 0 Å². The Balaban J connectivity index is 1.89. The normalized spacial score (nSPS) is 20.1. The maximum Gasteiger partial charge on any atom is 0.220 e. The zero-order valence-corrected chi connectivity index (χ0v) is 12.1. The SMILES string of the molecule is C[C](C)CNC(=O)CCCCCC1CCCCN1. The van der Waals surface area contributed by atoms with Gasteiger partial charge in [-0.1, -0.05) is 33.1 Å². The summed E-state index contributed by atoms with van der Waals surface area (Å²) in [5.74, 6) is 1.46. The van der Waals surface area contributed by atoms with Gasteiger partial charge in [-0.25, -0.2) is 0 Å². The van der Waals surface area contributed by atoms with Crippen LogP contribution in [0.15, 0.2) is 0 Å². The van der Waals surface area contributed by atoms with Crippen LogP contribution in [0.5, 0.6) is 0 Å². The van der Waals surface area contributed by atoms with E-state index in [4.69, 9.17) is 0 Å². The molecule has 0 bridgehead atoms. The summed E-state index contributed by atoms with van der Waals surface area (Å²) in [6.45, 7) is 6.00. The summed E-state index contributed by atoms with van der Waals surface area (Å²) in [4.78, 5) is 11.5. The highest BCUT2D eigenvalue weighted by Crippen LogP contribution is 2.14. The van der Waals surface area contributed by atoms with E-state index in [2.05, 4.69) is 10.6 Å². The second-order valence-corrected chi connectivity index (χ2v) is 5.73. The summed E-state index contributed by atoms with van der Waals surface area (Å²) in [6, 6.07) is 0.741. The third-order valence-corrected chi connectivity index (χ3v) is 3.51. The van der Waals surface area contributed by atoms with E-state index < -0.39 is 0 Å². The quantitative estimate of drug-likeness (QED) is 0.653. The minimum atomic E-state index is 0.201. The van der Waals surface area contributed by atoms with E-state index in [9.17, 15) is 4.79 Å². The molecule has 0 aliphatic carbocycles. The molecule has 0 aromatic heterocycles. The van der Waals surface area contributed by atoms with Gasteiger partial charge in [-0.15, -0.1) is 0 Å². The van der Waals surface area contributed by atoms with Crippen LogP contribution >= 0.6 is 0 Å². The fraction of sp³-hybridized carbons (Fsp3) is 0.867. The molecule has 0 saturated carbocycles. The van der Waals surface area contributed by atoms with Crippen LogP contribution in [-0.4, -0.2) is 25.0 Å². The van der Waals surface area contributed by atoms with Crippen LogP contribution in [0.4, 0.5) is 0 Å². The zero-order valence-electron chi connectivity index (χ0n) is 12.1. The van der Waals surface area contributed by atoms with E-state index in [1.54, 1.807) is 0 Å². The number of carbonyl (C=O) groups is 1. The van der Waals surface area contributed by atoms with Crippen LogP contribution in [0.1, 0.15) is 65.2 Å². The molecule has 1 heterocycles. The van der Waals surface area contributed by atoms with Gasteiger partial charge in [-0.05, 0) is 38.1 Å². The lowest BCUT2D eigenvalue weighted by atomic mass is 9.99. The smallest absolute Gasteiger partial charge is 0.220 e. The van der Waals surface area contributed by atoms with Gasteiger partial charge in [-0.3, -0.25) is 4.79 Å².